The van der Waals surface area contributed by atoms with Gasteiger partial charge >= 0.3 is 0 Å². The second-order valence-corrected chi connectivity index (χ2v) is 10.9. The van der Waals surface area contributed by atoms with Crippen LogP contribution in [0.5, 0.6) is 0 Å². The van der Waals surface area contributed by atoms with Crippen LogP contribution in [0.2, 0.25) is 0 Å². The maximum absolute atomic E-state index is 12.9. The average molecular weight is 362 g/mol. The highest BCUT2D eigenvalue weighted by Crippen LogP contribution is 2.39. The first kappa shape index (κ1) is 20.4. The molecule has 0 aliphatic carbocycles. The molecule has 1 aliphatic heterocycles. The van der Waals surface area contributed by atoms with Gasteiger partial charge in [0.25, 0.3) is 0 Å². The van der Waals surface area contributed by atoms with Gasteiger partial charge in [-0.3, -0.25) is 4.79 Å². The molecule has 1 fully saturated rings. The van der Waals surface area contributed by atoms with Crippen LogP contribution in [0.15, 0.2) is 24.3 Å². The summed E-state index contributed by atoms with van der Waals surface area (Å²) in [7, 11) is 0. The standard InChI is InChI=1S/C22H35NOS/c1-16(15-21(2,3)4)14-19(24)23-12-13-25-20(23)17-8-10-18(11-9-17)22(5,6)7/h8-11,16,20H,12-15H2,1-7H3/t16-,20-/m0/s1. The predicted octanol–water partition coefficient (Wildman–Crippen LogP) is 6.02. The third kappa shape index (κ3) is 5.77. The summed E-state index contributed by atoms with van der Waals surface area (Å²) >= 11 is 1.89. The van der Waals surface area contributed by atoms with Gasteiger partial charge in [-0.15, -0.1) is 11.8 Å². The molecule has 2 nitrogen and oxygen atoms in total. The van der Waals surface area contributed by atoms with E-state index in [1.165, 1.54) is 11.1 Å². The Bertz CT molecular complexity index is 580. The first-order valence-corrected chi connectivity index (χ1v) is 10.5. The minimum atomic E-state index is 0.166. The van der Waals surface area contributed by atoms with Gasteiger partial charge in [0.2, 0.25) is 5.91 Å². The van der Waals surface area contributed by atoms with Crippen molar-refractivity contribution in [1.82, 2.24) is 4.90 Å². The van der Waals surface area contributed by atoms with E-state index in [0.717, 1.165) is 18.7 Å². The molecular weight excluding hydrogens is 326 g/mol. The summed E-state index contributed by atoms with van der Waals surface area (Å²) in [4.78, 5) is 15.0. The van der Waals surface area contributed by atoms with E-state index in [1.807, 2.05) is 11.8 Å². The minimum Gasteiger partial charge on any atom is -0.326 e. The lowest BCUT2D eigenvalue weighted by Gasteiger charge is -2.28. The number of thioether (sulfide) groups is 1. The fraction of sp³-hybridized carbons (Fsp3) is 0.682. The molecule has 0 unspecified atom stereocenters. The van der Waals surface area contributed by atoms with Crippen LogP contribution in [-0.2, 0) is 10.2 Å². The van der Waals surface area contributed by atoms with Gasteiger partial charge in [0.1, 0.15) is 5.37 Å². The largest absolute Gasteiger partial charge is 0.326 e. The highest BCUT2D eigenvalue weighted by atomic mass is 32.2. The molecule has 0 N–H and O–H groups in total. The van der Waals surface area contributed by atoms with Gasteiger partial charge in [-0.2, -0.15) is 0 Å². The topological polar surface area (TPSA) is 20.3 Å². The van der Waals surface area contributed by atoms with E-state index in [4.69, 9.17) is 0 Å². The van der Waals surface area contributed by atoms with Crippen molar-refractivity contribution in [2.75, 3.05) is 12.3 Å². The molecular formula is C22H35NOS. The molecule has 0 radical (unpaired) electrons. The highest BCUT2D eigenvalue weighted by Gasteiger charge is 2.31. The number of carbonyl (C=O) groups excluding carboxylic acids is 1. The zero-order valence-corrected chi connectivity index (χ0v) is 17.9. The number of benzene rings is 1. The van der Waals surface area contributed by atoms with Crippen molar-refractivity contribution in [3.63, 3.8) is 0 Å². The Labute approximate surface area is 158 Å². The van der Waals surface area contributed by atoms with E-state index in [1.54, 1.807) is 0 Å². The number of amides is 1. The molecule has 25 heavy (non-hydrogen) atoms. The van der Waals surface area contributed by atoms with Crippen LogP contribution in [0.4, 0.5) is 0 Å². The van der Waals surface area contributed by atoms with Gasteiger partial charge in [0, 0.05) is 18.7 Å². The Balaban J connectivity index is 2.05. The average Bonchev–Trinajstić information content (AvgIpc) is 2.93. The van der Waals surface area contributed by atoms with Crippen molar-refractivity contribution in [1.29, 1.82) is 0 Å². The molecule has 1 aromatic rings. The molecule has 1 aromatic carbocycles. The van der Waals surface area contributed by atoms with Crippen LogP contribution in [-0.4, -0.2) is 23.1 Å². The molecule has 1 aliphatic rings. The number of hydrogen-bond donors (Lipinski definition) is 0. The highest BCUT2D eigenvalue weighted by molar-refractivity contribution is 7.99. The smallest absolute Gasteiger partial charge is 0.224 e. The SMILES string of the molecule is C[C@@H](CC(=O)N1CCS[C@H]1c1ccc(C(C)(C)C)cc1)CC(C)(C)C. The zero-order valence-electron chi connectivity index (χ0n) is 17.1. The molecule has 0 aromatic heterocycles. The summed E-state index contributed by atoms with van der Waals surface area (Å²) in [5.41, 5.74) is 3.05. The Kier molecular flexibility index (Phi) is 6.30. The van der Waals surface area contributed by atoms with Crippen LogP contribution < -0.4 is 0 Å². The van der Waals surface area contributed by atoms with Crippen LogP contribution in [0.1, 0.15) is 77.8 Å². The van der Waals surface area contributed by atoms with E-state index >= 15 is 0 Å². The van der Waals surface area contributed by atoms with E-state index < -0.39 is 0 Å². The number of rotatable bonds is 4. The summed E-state index contributed by atoms with van der Waals surface area (Å²) < 4.78 is 0. The number of nitrogens with zero attached hydrogens (tertiary/aromatic N) is 1. The van der Waals surface area contributed by atoms with Crippen LogP contribution in [0, 0.1) is 11.3 Å². The van der Waals surface area contributed by atoms with Gasteiger partial charge in [-0.1, -0.05) is 72.7 Å². The van der Waals surface area contributed by atoms with Gasteiger partial charge < -0.3 is 4.90 Å². The van der Waals surface area contributed by atoms with Crippen molar-refractivity contribution in [3.8, 4) is 0 Å². The van der Waals surface area contributed by atoms with Gasteiger partial charge in [-0.05, 0) is 34.3 Å². The van der Waals surface area contributed by atoms with E-state index in [-0.39, 0.29) is 16.2 Å². The third-order valence-corrected chi connectivity index (χ3v) is 6.02. The lowest BCUT2D eigenvalue weighted by Crippen LogP contribution is -2.32. The van der Waals surface area contributed by atoms with Gasteiger partial charge in [0.05, 0.1) is 0 Å². The molecule has 0 spiro atoms. The Morgan fingerprint density at radius 2 is 1.76 bits per heavy atom. The molecule has 2 rings (SSSR count). The summed E-state index contributed by atoms with van der Waals surface area (Å²) in [6.45, 7) is 16.5. The van der Waals surface area contributed by atoms with Crippen LogP contribution in [0.25, 0.3) is 0 Å². The first-order valence-electron chi connectivity index (χ1n) is 9.49. The van der Waals surface area contributed by atoms with E-state index in [2.05, 4.69) is 77.6 Å². The predicted molar refractivity (Wildman–Crippen MR) is 110 cm³/mol. The molecule has 0 bridgehead atoms. The molecule has 1 saturated heterocycles. The Morgan fingerprint density at radius 1 is 1.16 bits per heavy atom. The molecule has 3 heteroatoms. The molecule has 2 atom stereocenters. The van der Waals surface area contributed by atoms with Crippen molar-refractivity contribution in [2.24, 2.45) is 11.3 Å². The van der Waals surface area contributed by atoms with E-state index in [9.17, 15) is 4.79 Å². The zero-order chi connectivity index (χ0) is 18.8. The maximum atomic E-state index is 12.9. The van der Waals surface area contributed by atoms with Crippen LogP contribution in [0.3, 0.4) is 0 Å². The molecule has 1 heterocycles. The fourth-order valence-electron chi connectivity index (χ4n) is 3.68. The van der Waals surface area contributed by atoms with E-state index in [0.29, 0.717) is 18.2 Å². The fourth-order valence-corrected chi connectivity index (χ4v) is 4.96. The van der Waals surface area contributed by atoms with Gasteiger partial charge in [0.15, 0.2) is 0 Å². The van der Waals surface area contributed by atoms with Crippen molar-refractivity contribution in [2.45, 2.75) is 72.1 Å². The first-order chi connectivity index (χ1) is 11.5. The summed E-state index contributed by atoms with van der Waals surface area (Å²) in [5.74, 6) is 1.78. The summed E-state index contributed by atoms with van der Waals surface area (Å²) in [6, 6.07) is 8.86. The van der Waals surface area contributed by atoms with Crippen molar-refractivity contribution >= 4 is 17.7 Å². The lowest BCUT2D eigenvalue weighted by molar-refractivity contribution is -0.132. The quantitative estimate of drug-likeness (QED) is 0.653. The molecule has 140 valence electrons. The maximum Gasteiger partial charge on any atom is 0.224 e. The monoisotopic (exact) mass is 361 g/mol. The molecule has 0 saturated carbocycles. The van der Waals surface area contributed by atoms with Crippen molar-refractivity contribution in [3.05, 3.63) is 35.4 Å². The molecule has 1 amide bonds. The summed E-state index contributed by atoms with van der Waals surface area (Å²) in [6.07, 6.45) is 1.75. The van der Waals surface area contributed by atoms with Crippen LogP contribution >= 0.6 is 11.8 Å². The Morgan fingerprint density at radius 3 is 2.28 bits per heavy atom. The normalized spacial score (nSPS) is 20.0. The van der Waals surface area contributed by atoms with Gasteiger partial charge in [-0.25, -0.2) is 0 Å². The third-order valence-electron chi connectivity index (χ3n) is 4.76. The number of hydrogen-bond acceptors (Lipinski definition) is 2. The van der Waals surface area contributed by atoms with Crippen molar-refractivity contribution < 1.29 is 4.79 Å². The summed E-state index contributed by atoms with van der Waals surface area (Å²) in [5, 5.41) is 0.184. The number of carbonyl (C=O) groups is 1. The second-order valence-electron chi connectivity index (χ2n) is 9.76. The second kappa shape index (κ2) is 7.73. The lowest BCUT2D eigenvalue weighted by atomic mass is 9.84. The Hall–Kier alpha value is -0.960. The minimum absolute atomic E-state index is 0.166.